The average molecular weight is 209 g/mol. The van der Waals surface area contributed by atoms with Crippen LogP contribution in [0.25, 0.3) is 5.82 Å². The predicted molar refractivity (Wildman–Crippen MR) is 55.5 cm³/mol. The highest BCUT2D eigenvalue weighted by Crippen LogP contribution is 2.17. The van der Waals surface area contributed by atoms with E-state index in [0.29, 0.717) is 16.7 Å². The lowest BCUT2D eigenvalue weighted by atomic mass is 10.3. The van der Waals surface area contributed by atoms with Crippen LogP contribution in [0.4, 0.5) is 5.82 Å². The van der Waals surface area contributed by atoms with Crippen molar-refractivity contribution in [3.8, 4) is 5.82 Å². The molecule has 72 valence electrons. The minimum Gasteiger partial charge on any atom is -0.381 e. The van der Waals surface area contributed by atoms with Crippen LogP contribution >= 0.6 is 11.6 Å². The number of nitrogens with zero attached hydrogens (tertiary/aromatic N) is 3. The molecule has 0 unspecified atom stereocenters. The molecule has 14 heavy (non-hydrogen) atoms. The number of rotatable bonds is 1. The first-order chi connectivity index (χ1) is 6.66. The summed E-state index contributed by atoms with van der Waals surface area (Å²) >= 11 is 5.78. The molecule has 0 saturated carbocycles. The first-order valence-corrected chi connectivity index (χ1v) is 4.48. The average Bonchev–Trinajstić information content (AvgIpc) is 2.47. The number of aryl methyl sites for hydroxylation is 1. The monoisotopic (exact) mass is 208 g/mol. The number of hydrogen-bond acceptors (Lipinski definition) is 3. The van der Waals surface area contributed by atoms with Crippen LogP contribution in [-0.4, -0.2) is 14.8 Å². The Balaban J connectivity index is 2.49. The molecular weight excluding hydrogens is 200 g/mol. The maximum absolute atomic E-state index is 5.78. The zero-order valence-corrected chi connectivity index (χ0v) is 8.36. The molecule has 0 bridgehead atoms. The van der Waals surface area contributed by atoms with E-state index >= 15 is 0 Å². The van der Waals surface area contributed by atoms with Crippen LogP contribution in [-0.2, 0) is 0 Å². The molecule has 0 aliphatic rings. The van der Waals surface area contributed by atoms with Crippen molar-refractivity contribution in [1.82, 2.24) is 14.8 Å². The lowest BCUT2D eigenvalue weighted by Crippen LogP contribution is -1.98. The van der Waals surface area contributed by atoms with E-state index in [1.54, 1.807) is 17.1 Å². The van der Waals surface area contributed by atoms with Crippen LogP contribution in [0.3, 0.4) is 0 Å². The van der Waals surface area contributed by atoms with E-state index in [1.807, 2.05) is 19.1 Å². The summed E-state index contributed by atoms with van der Waals surface area (Å²) in [7, 11) is 0. The molecule has 0 amide bonds. The Hall–Kier alpha value is -1.55. The number of nitrogens with two attached hydrogens (primary N) is 1. The predicted octanol–water partition coefficient (Wildman–Crippen LogP) is 1.81. The van der Waals surface area contributed by atoms with Crippen LogP contribution in [0.15, 0.2) is 24.5 Å². The van der Waals surface area contributed by atoms with Crippen molar-refractivity contribution >= 4 is 17.4 Å². The fourth-order valence-corrected chi connectivity index (χ4v) is 1.26. The van der Waals surface area contributed by atoms with E-state index in [1.165, 1.54) is 0 Å². The van der Waals surface area contributed by atoms with Gasteiger partial charge in [0.1, 0.15) is 5.02 Å². The van der Waals surface area contributed by atoms with Crippen molar-refractivity contribution in [2.75, 3.05) is 5.73 Å². The van der Waals surface area contributed by atoms with Gasteiger partial charge in [-0.05, 0) is 24.6 Å². The summed E-state index contributed by atoms with van der Waals surface area (Å²) in [5.41, 5.74) is 6.64. The summed E-state index contributed by atoms with van der Waals surface area (Å²) in [6.45, 7) is 1.99. The summed E-state index contributed by atoms with van der Waals surface area (Å²) in [6.07, 6.45) is 3.36. The third-order valence-corrected chi connectivity index (χ3v) is 2.12. The zero-order valence-electron chi connectivity index (χ0n) is 7.61. The second kappa shape index (κ2) is 3.31. The standard InChI is InChI=1S/C9H9ClN4/c1-6-2-3-12-8(4-6)14-5-7(10)9(11)13-14/h2-5H,1H3,(H2,11,13). The van der Waals surface area contributed by atoms with Gasteiger partial charge in [0.25, 0.3) is 0 Å². The van der Waals surface area contributed by atoms with Crippen LogP contribution in [0.5, 0.6) is 0 Å². The molecule has 0 fully saturated rings. The molecule has 4 nitrogen and oxygen atoms in total. The molecule has 0 radical (unpaired) electrons. The summed E-state index contributed by atoms with van der Waals surface area (Å²) < 4.78 is 1.56. The molecule has 0 aliphatic carbocycles. The first kappa shape index (κ1) is 9.02. The number of pyridine rings is 1. The van der Waals surface area contributed by atoms with E-state index in [-0.39, 0.29) is 0 Å². The highest BCUT2D eigenvalue weighted by Gasteiger charge is 2.04. The molecule has 2 aromatic rings. The van der Waals surface area contributed by atoms with Crippen LogP contribution in [0.2, 0.25) is 5.02 Å². The van der Waals surface area contributed by atoms with Gasteiger partial charge in [0, 0.05) is 6.20 Å². The minimum absolute atomic E-state index is 0.315. The Bertz CT molecular complexity index is 444. The van der Waals surface area contributed by atoms with Crippen molar-refractivity contribution in [3.05, 3.63) is 35.1 Å². The first-order valence-electron chi connectivity index (χ1n) is 4.10. The maximum Gasteiger partial charge on any atom is 0.164 e. The molecule has 0 aromatic carbocycles. The number of halogens is 1. The number of hydrogen-bond donors (Lipinski definition) is 1. The van der Waals surface area contributed by atoms with E-state index < -0.39 is 0 Å². The zero-order chi connectivity index (χ0) is 10.1. The molecular formula is C9H9ClN4. The lowest BCUT2D eigenvalue weighted by molar-refractivity contribution is 0.850. The van der Waals surface area contributed by atoms with Gasteiger partial charge >= 0.3 is 0 Å². The number of anilines is 1. The second-order valence-electron chi connectivity index (χ2n) is 3.00. The Labute approximate surface area is 86.3 Å². The summed E-state index contributed by atoms with van der Waals surface area (Å²) in [5.74, 6) is 1.03. The second-order valence-corrected chi connectivity index (χ2v) is 3.41. The van der Waals surface area contributed by atoms with Crippen LogP contribution in [0.1, 0.15) is 5.56 Å². The number of aromatic nitrogens is 3. The molecule has 0 atom stereocenters. The fraction of sp³-hybridized carbons (Fsp3) is 0.111. The minimum atomic E-state index is 0.315. The highest BCUT2D eigenvalue weighted by molar-refractivity contribution is 6.32. The van der Waals surface area contributed by atoms with Crippen molar-refractivity contribution in [1.29, 1.82) is 0 Å². The van der Waals surface area contributed by atoms with Crippen molar-refractivity contribution < 1.29 is 0 Å². The van der Waals surface area contributed by atoms with Gasteiger partial charge in [-0.1, -0.05) is 11.6 Å². The van der Waals surface area contributed by atoms with Crippen molar-refractivity contribution in [2.45, 2.75) is 6.92 Å². The highest BCUT2D eigenvalue weighted by atomic mass is 35.5. The molecule has 5 heteroatoms. The van der Waals surface area contributed by atoms with Gasteiger partial charge in [0.05, 0.1) is 6.20 Å². The van der Waals surface area contributed by atoms with Gasteiger partial charge in [0.15, 0.2) is 11.6 Å². The quantitative estimate of drug-likeness (QED) is 0.778. The summed E-state index contributed by atoms with van der Waals surface area (Å²) in [4.78, 5) is 4.15. The van der Waals surface area contributed by atoms with Crippen LogP contribution < -0.4 is 5.73 Å². The molecule has 2 N–H and O–H groups in total. The molecule has 0 spiro atoms. The Morgan fingerprint density at radius 3 is 2.86 bits per heavy atom. The van der Waals surface area contributed by atoms with E-state index in [4.69, 9.17) is 17.3 Å². The Morgan fingerprint density at radius 1 is 1.50 bits per heavy atom. The Kier molecular flexibility index (Phi) is 2.13. The van der Waals surface area contributed by atoms with E-state index in [0.717, 1.165) is 5.56 Å². The molecule has 2 rings (SSSR count). The summed E-state index contributed by atoms with van der Waals surface area (Å²) in [5, 5.41) is 4.46. The molecule has 0 aliphatic heterocycles. The van der Waals surface area contributed by atoms with Crippen molar-refractivity contribution in [2.24, 2.45) is 0 Å². The van der Waals surface area contributed by atoms with E-state index in [2.05, 4.69) is 10.1 Å². The molecule has 2 heterocycles. The maximum atomic E-state index is 5.78. The Morgan fingerprint density at radius 2 is 2.29 bits per heavy atom. The van der Waals surface area contributed by atoms with E-state index in [9.17, 15) is 0 Å². The third-order valence-electron chi connectivity index (χ3n) is 1.83. The largest absolute Gasteiger partial charge is 0.381 e. The SMILES string of the molecule is Cc1ccnc(-n2cc(Cl)c(N)n2)c1. The normalized spacial score (nSPS) is 10.4. The van der Waals surface area contributed by atoms with Gasteiger partial charge in [-0.3, -0.25) is 0 Å². The summed E-state index contributed by atoms with van der Waals surface area (Å²) in [6, 6.07) is 3.82. The molecule has 2 aromatic heterocycles. The van der Waals surface area contributed by atoms with Gasteiger partial charge in [-0.25, -0.2) is 9.67 Å². The van der Waals surface area contributed by atoms with Gasteiger partial charge in [-0.2, -0.15) is 0 Å². The van der Waals surface area contributed by atoms with Crippen LogP contribution in [0, 0.1) is 6.92 Å². The van der Waals surface area contributed by atoms with Crippen molar-refractivity contribution in [3.63, 3.8) is 0 Å². The fourth-order valence-electron chi connectivity index (χ4n) is 1.13. The molecule has 0 saturated heterocycles. The smallest absolute Gasteiger partial charge is 0.164 e. The third kappa shape index (κ3) is 1.56. The number of nitrogen functional groups attached to an aromatic ring is 1. The van der Waals surface area contributed by atoms with Gasteiger partial charge in [-0.15, -0.1) is 5.10 Å². The van der Waals surface area contributed by atoms with Gasteiger partial charge < -0.3 is 5.73 Å². The topological polar surface area (TPSA) is 56.7 Å². The van der Waals surface area contributed by atoms with Gasteiger partial charge in [0.2, 0.25) is 0 Å². The lowest BCUT2D eigenvalue weighted by Gasteiger charge is -1.99.